The fraction of sp³-hybridized carbons (Fsp3) is 0.600. The van der Waals surface area contributed by atoms with Crippen LogP contribution in [-0.4, -0.2) is 33.1 Å². The maximum atomic E-state index is 10.6. The number of aliphatic hydroxyl groups is 3. The highest BCUT2D eigenvalue weighted by Gasteiger charge is 2.50. The van der Waals surface area contributed by atoms with Crippen molar-refractivity contribution >= 4 is 0 Å². The van der Waals surface area contributed by atoms with Crippen LogP contribution < -0.4 is 0 Å². The molecule has 3 nitrogen and oxygen atoms in total. The van der Waals surface area contributed by atoms with E-state index in [0.29, 0.717) is 30.6 Å². The van der Waals surface area contributed by atoms with E-state index >= 15 is 0 Å². The van der Waals surface area contributed by atoms with Crippen molar-refractivity contribution in [3.05, 3.63) is 72.9 Å². The first-order valence-corrected chi connectivity index (χ1v) is 12.7. The molecular formula is C30H44O3. The minimum Gasteiger partial charge on any atom is -0.393 e. The molecular weight excluding hydrogens is 408 g/mol. The summed E-state index contributed by atoms with van der Waals surface area (Å²) in [6.45, 7) is 18.4. The van der Waals surface area contributed by atoms with Gasteiger partial charge in [-0.1, -0.05) is 82.5 Å². The summed E-state index contributed by atoms with van der Waals surface area (Å²) in [4.78, 5) is 0. The first kappa shape index (κ1) is 25.9. The largest absolute Gasteiger partial charge is 0.393 e. The van der Waals surface area contributed by atoms with E-state index in [-0.39, 0.29) is 11.3 Å². The van der Waals surface area contributed by atoms with E-state index in [1.165, 1.54) is 31.3 Å². The molecule has 0 aromatic rings. The van der Waals surface area contributed by atoms with Crippen molar-refractivity contribution in [3.8, 4) is 0 Å². The van der Waals surface area contributed by atoms with Gasteiger partial charge in [0.25, 0.3) is 0 Å². The molecule has 0 saturated heterocycles. The SMILES string of the molecule is C=CC(O)(C=C)[C@@H](C)/C=C/[C@@H](C)[C@H]1CC[C@H]2/C(=C/C=C3/C[C@H](O)C[C@@H](O)C3=C)CCC[C@]12C. The van der Waals surface area contributed by atoms with Gasteiger partial charge in [-0.25, -0.2) is 0 Å². The molecule has 0 heterocycles. The van der Waals surface area contributed by atoms with Gasteiger partial charge < -0.3 is 15.3 Å². The molecule has 7 atom stereocenters. The second-order valence-corrected chi connectivity index (χ2v) is 11.0. The van der Waals surface area contributed by atoms with Crippen LogP contribution in [0.5, 0.6) is 0 Å². The number of hydrogen-bond acceptors (Lipinski definition) is 3. The fourth-order valence-corrected chi connectivity index (χ4v) is 6.69. The van der Waals surface area contributed by atoms with Crippen molar-refractivity contribution in [1.82, 2.24) is 0 Å². The van der Waals surface area contributed by atoms with Crippen LogP contribution in [0.2, 0.25) is 0 Å². The lowest BCUT2D eigenvalue weighted by Gasteiger charge is -2.44. The highest BCUT2D eigenvalue weighted by molar-refractivity contribution is 5.38. The summed E-state index contributed by atoms with van der Waals surface area (Å²) < 4.78 is 0. The van der Waals surface area contributed by atoms with Crippen molar-refractivity contribution < 1.29 is 15.3 Å². The fourth-order valence-electron chi connectivity index (χ4n) is 6.69. The first-order valence-electron chi connectivity index (χ1n) is 12.7. The smallest absolute Gasteiger partial charge is 0.106 e. The summed E-state index contributed by atoms with van der Waals surface area (Å²) in [7, 11) is 0. The molecule has 0 aliphatic heterocycles. The number of allylic oxidation sites excluding steroid dienone is 4. The summed E-state index contributed by atoms with van der Waals surface area (Å²) in [5, 5.41) is 30.9. The molecule has 3 heteroatoms. The Bertz CT molecular complexity index is 839. The van der Waals surface area contributed by atoms with Gasteiger partial charge in [0, 0.05) is 12.3 Å². The van der Waals surface area contributed by atoms with Crippen LogP contribution in [-0.2, 0) is 0 Å². The van der Waals surface area contributed by atoms with Gasteiger partial charge in [0.1, 0.15) is 5.60 Å². The average molecular weight is 453 g/mol. The molecule has 0 unspecified atom stereocenters. The van der Waals surface area contributed by atoms with Gasteiger partial charge in [-0.2, -0.15) is 0 Å². The third-order valence-corrected chi connectivity index (χ3v) is 9.02. The Morgan fingerprint density at radius 1 is 1.09 bits per heavy atom. The topological polar surface area (TPSA) is 60.7 Å². The third-order valence-electron chi connectivity index (χ3n) is 9.02. The lowest BCUT2D eigenvalue weighted by Crippen LogP contribution is -2.35. The van der Waals surface area contributed by atoms with Crippen molar-refractivity contribution in [3.63, 3.8) is 0 Å². The van der Waals surface area contributed by atoms with Gasteiger partial charge in [-0.15, -0.1) is 0 Å². The van der Waals surface area contributed by atoms with E-state index in [0.717, 1.165) is 17.6 Å². The number of rotatable bonds is 7. The van der Waals surface area contributed by atoms with Gasteiger partial charge in [-0.3, -0.25) is 0 Å². The Hall–Kier alpha value is -1.68. The summed E-state index contributed by atoms with van der Waals surface area (Å²) in [5.41, 5.74) is 2.45. The van der Waals surface area contributed by atoms with Crippen LogP contribution in [0.4, 0.5) is 0 Å². The van der Waals surface area contributed by atoms with Crippen molar-refractivity contribution in [2.24, 2.45) is 29.1 Å². The number of fused-ring (bicyclic) bond motifs is 1. The molecule has 33 heavy (non-hydrogen) atoms. The Balaban J connectivity index is 1.76. The molecule has 0 bridgehead atoms. The zero-order valence-electron chi connectivity index (χ0n) is 20.8. The zero-order chi connectivity index (χ0) is 24.4. The standard InChI is InChI=1S/C30H44O3/c1-7-30(33,8-2)21(4)12-11-20(3)26-15-16-27-23(10-9-17-29(26,27)6)13-14-24-18-25(31)19-28(32)22(24)5/h7-8,11-14,20-21,25-28,31-33H,1-2,5,9-10,15-19H2,3-4,6H3/b12-11+,23-13+,24-14-/t20-,21+,25+,26-,27+,28-,29-/m1/s1. The Morgan fingerprint density at radius 3 is 2.45 bits per heavy atom. The van der Waals surface area contributed by atoms with Crippen LogP contribution in [0, 0.1) is 29.1 Å². The first-order chi connectivity index (χ1) is 15.6. The van der Waals surface area contributed by atoms with Crippen LogP contribution >= 0.6 is 0 Å². The predicted molar refractivity (Wildman–Crippen MR) is 138 cm³/mol. The molecule has 182 valence electrons. The second kappa shape index (κ2) is 10.3. The van der Waals surface area contributed by atoms with Gasteiger partial charge in [0.15, 0.2) is 0 Å². The van der Waals surface area contributed by atoms with Crippen LogP contribution in [0.15, 0.2) is 72.9 Å². The van der Waals surface area contributed by atoms with Gasteiger partial charge in [-0.05, 0) is 72.8 Å². The van der Waals surface area contributed by atoms with Gasteiger partial charge >= 0.3 is 0 Å². The molecule has 3 fully saturated rings. The quantitative estimate of drug-likeness (QED) is 0.412. The molecule has 0 spiro atoms. The average Bonchev–Trinajstić information content (AvgIpc) is 3.15. The molecule has 0 amide bonds. The molecule has 3 N–H and O–H groups in total. The van der Waals surface area contributed by atoms with Crippen molar-refractivity contribution in [2.45, 2.75) is 83.5 Å². The second-order valence-electron chi connectivity index (χ2n) is 11.0. The minimum atomic E-state index is -1.07. The number of hydrogen-bond donors (Lipinski definition) is 3. The van der Waals surface area contributed by atoms with E-state index < -0.39 is 17.8 Å². The molecule has 3 saturated carbocycles. The van der Waals surface area contributed by atoms with Crippen molar-refractivity contribution in [1.29, 1.82) is 0 Å². The summed E-state index contributed by atoms with van der Waals surface area (Å²) in [6, 6.07) is 0. The molecule has 3 rings (SSSR count). The minimum absolute atomic E-state index is 0.0670. The third kappa shape index (κ3) is 5.21. The maximum Gasteiger partial charge on any atom is 0.106 e. The normalized spacial score (nSPS) is 37.3. The van der Waals surface area contributed by atoms with Crippen LogP contribution in [0.3, 0.4) is 0 Å². The summed E-state index contributed by atoms with van der Waals surface area (Å²) in [6.07, 6.45) is 17.8. The molecule has 3 aliphatic carbocycles. The highest BCUT2D eigenvalue weighted by atomic mass is 16.3. The molecule has 0 radical (unpaired) electrons. The Labute approximate surface area is 201 Å². The van der Waals surface area contributed by atoms with E-state index in [1.54, 1.807) is 12.2 Å². The molecule has 0 aromatic carbocycles. The maximum absolute atomic E-state index is 10.6. The van der Waals surface area contributed by atoms with E-state index in [2.05, 4.69) is 57.9 Å². The lowest BCUT2D eigenvalue weighted by molar-refractivity contribution is 0.0862. The zero-order valence-corrected chi connectivity index (χ0v) is 20.8. The highest BCUT2D eigenvalue weighted by Crippen LogP contribution is 2.59. The lowest BCUT2D eigenvalue weighted by atomic mass is 9.61. The molecule has 0 aromatic heterocycles. The molecule has 3 aliphatic rings. The van der Waals surface area contributed by atoms with Crippen molar-refractivity contribution in [2.75, 3.05) is 0 Å². The predicted octanol–water partition coefficient (Wildman–Crippen LogP) is 6.06. The van der Waals surface area contributed by atoms with E-state index in [9.17, 15) is 15.3 Å². The van der Waals surface area contributed by atoms with Crippen LogP contribution in [0.1, 0.15) is 65.7 Å². The monoisotopic (exact) mass is 452 g/mol. The van der Waals surface area contributed by atoms with E-state index in [4.69, 9.17) is 0 Å². The van der Waals surface area contributed by atoms with E-state index in [1.807, 2.05) is 6.92 Å². The Kier molecular flexibility index (Phi) is 8.09. The summed E-state index contributed by atoms with van der Waals surface area (Å²) in [5.74, 6) is 1.55. The Morgan fingerprint density at radius 2 is 1.79 bits per heavy atom. The van der Waals surface area contributed by atoms with Gasteiger partial charge in [0.05, 0.1) is 12.2 Å². The summed E-state index contributed by atoms with van der Waals surface area (Å²) >= 11 is 0. The number of aliphatic hydroxyl groups excluding tert-OH is 2. The van der Waals surface area contributed by atoms with Crippen LogP contribution in [0.25, 0.3) is 0 Å². The van der Waals surface area contributed by atoms with Gasteiger partial charge in [0.2, 0.25) is 0 Å².